The van der Waals surface area contributed by atoms with Crippen LogP contribution in [0.1, 0.15) is 12.8 Å². The first kappa shape index (κ1) is 18.5. The van der Waals surface area contributed by atoms with Crippen LogP contribution in [-0.2, 0) is 14.8 Å². The second-order valence-corrected chi connectivity index (χ2v) is 8.09. The molecular weight excluding hydrogens is 376 g/mol. The van der Waals surface area contributed by atoms with Crippen LogP contribution in [0.3, 0.4) is 0 Å². The molecule has 0 atom stereocenters. The van der Waals surface area contributed by atoms with Crippen molar-refractivity contribution in [1.29, 1.82) is 0 Å². The highest BCUT2D eigenvalue weighted by atomic mass is 35.5. The smallest absolute Gasteiger partial charge is 0.261 e. The summed E-state index contributed by atoms with van der Waals surface area (Å²) in [4.78, 5) is 13.9. The van der Waals surface area contributed by atoms with Crippen LogP contribution in [0.15, 0.2) is 53.4 Å². The van der Waals surface area contributed by atoms with Gasteiger partial charge in [0.05, 0.1) is 10.6 Å². The molecule has 138 valence electrons. The van der Waals surface area contributed by atoms with Gasteiger partial charge in [0.2, 0.25) is 0 Å². The van der Waals surface area contributed by atoms with Crippen LogP contribution in [-0.4, -0.2) is 38.9 Å². The molecule has 3 rings (SSSR count). The highest BCUT2D eigenvalue weighted by Gasteiger charge is 2.18. The maximum atomic E-state index is 12.4. The molecule has 1 aliphatic heterocycles. The van der Waals surface area contributed by atoms with Crippen LogP contribution in [0.5, 0.6) is 5.75 Å². The first-order valence-electron chi connectivity index (χ1n) is 8.23. The molecule has 1 heterocycles. The fraction of sp³-hybridized carbons (Fsp3) is 0.278. The van der Waals surface area contributed by atoms with E-state index in [9.17, 15) is 13.2 Å². The minimum Gasteiger partial charge on any atom is -0.484 e. The summed E-state index contributed by atoms with van der Waals surface area (Å²) in [5, 5.41) is 0.338. The molecule has 1 aliphatic rings. The number of likely N-dealkylation sites (tertiary alicyclic amines) is 1. The number of ether oxygens (including phenoxy) is 1. The number of amides is 1. The van der Waals surface area contributed by atoms with Crippen molar-refractivity contribution in [2.45, 2.75) is 17.7 Å². The zero-order chi connectivity index (χ0) is 18.6. The van der Waals surface area contributed by atoms with E-state index in [1.54, 1.807) is 41.3 Å². The van der Waals surface area contributed by atoms with E-state index in [0.29, 0.717) is 16.5 Å². The van der Waals surface area contributed by atoms with Crippen molar-refractivity contribution in [3.05, 3.63) is 53.6 Å². The van der Waals surface area contributed by atoms with Crippen LogP contribution in [0, 0.1) is 0 Å². The molecule has 0 aliphatic carbocycles. The summed E-state index contributed by atoms with van der Waals surface area (Å²) < 4.78 is 32.9. The van der Waals surface area contributed by atoms with Gasteiger partial charge < -0.3 is 9.64 Å². The number of hydrogen-bond acceptors (Lipinski definition) is 4. The lowest BCUT2D eigenvalue weighted by atomic mass is 10.3. The summed E-state index contributed by atoms with van der Waals surface area (Å²) >= 11 is 5.86. The Morgan fingerprint density at radius 1 is 1.12 bits per heavy atom. The van der Waals surface area contributed by atoms with Gasteiger partial charge in [-0.05, 0) is 43.2 Å². The van der Waals surface area contributed by atoms with Crippen molar-refractivity contribution >= 4 is 33.2 Å². The number of halogens is 1. The van der Waals surface area contributed by atoms with E-state index in [1.165, 1.54) is 12.1 Å². The zero-order valence-electron chi connectivity index (χ0n) is 14.0. The minimum atomic E-state index is -3.76. The van der Waals surface area contributed by atoms with E-state index < -0.39 is 10.0 Å². The molecule has 6 nitrogen and oxygen atoms in total. The molecule has 1 N–H and O–H groups in total. The Hall–Kier alpha value is -2.25. The molecule has 2 aromatic carbocycles. The summed E-state index contributed by atoms with van der Waals surface area (Å²) in [6.07, 6.45) is 2.04. The van der Waals surface area contributed by atoms with Crippen LogP contribution in [0.4, 0.5) is 5.69 Å². The summed E-state index contributed by atoms with van der Waals surface area (Å²) in [5.74, 6) is 0.358. The fourth-order valence-electron chi connectivity index (χ4n) is 2.70. The van der Waals surface area contributed by atoms with Gasteiger partial charge in [-0.15, -0.1) is 0 Å². The van der Waals surface area contributed by atoms with Gasteiger partial charge in [0, 0.05) is 24.2 Å². The third kappa shape index (κ3) is 4.68. The fourth-order valence-corrected chi connectivity index (χ4v) is 4.05. The van der Waals surface area contributed by atoms with Gasteiger partial charge in [-0.2, -0.15) is 0 Å². The van der Waals surface area contributed by atoms with Crippen LogP contribution in [0.2, 0.25) is 5.02 Å². The predicted molar refractivity (Wildman–Crippen MR) is 100 cm³/mol. The molecule has 2 aromatic rings. The second-order valence-electron chi connectivity index (χ2n) is 5.97. The number of nitrogens with zero attached hydrogens (tertiary/aromatic N) is 1. The van der Waals surface area contributed by atoms with Crippen molar-refractivity contribution in [3.63, 3.8) is 0 Å². The summed E-state index contributed by atoms with van der Waals surface area (Å²) in [5.41, 5.74) is 0.344. The van der Waals surface area contributed by atoms with E-state index >= 15 is 0 Å². The Kier molecular flexibility index (Phi) is 5.68. The SMILES string of the molecule is O=C(COc1cccc(NS(=O)(=O)c2cccc(Cl)c2)c1)N1CCCC1. The molecular formula is C18H19ClN2O4S. The molecule has 0 saturated carbocycles. The first-order chi connectivity index (χ1) is 12.4. The quantitative estimate of drug-likeness (QED) is 0.816. The van der Waals surface area contributed by atoms with E-state index in [-0.39, 0.29) is 17.4 Å². The summed E-state index contributed by atoms with van der Waals surface area (Å²) in [6.45, 7) is 1.47. The van der Waals surface area contributed by atoms with E-state index in [1.807, 2.05) is 0 Å². The molecule has 26 heavy (non-hydrogen) atoms. The molecule has 0 unspecified atom stereocenters. The maximum Gasteiger partial charge on any atom is 0.261 e. The lowest BCUT2D eigenvalue weighted by molar-refractivity contribution is -0.132. The van der Waals surface area contributed by atoms with Gasteiger partial charge in [0.1, 0.15) is 5.75 Å². The number of sulfonamides is 1. The summed E-state index contributed by atoms with van der Waals surface area (Å²) in [7, 11) is -3.76. The number of carbonyl (C=O) groups is 1. The Morgan fingerprint density at radius 2 is 1.85 bits per heavy atom. The number of nitrogens with one attached hydrogen (secondary N) is 1. The largest absolute Gasteiger partial charge is 0.484 e. The summed E-state index contributed by atoms with van der Waals surface area (Å²) in [6, 6.07) is 12.5. The molecule has 0 bridgehead atoms. The highest BCUT2D eigenvalue weighted by molar-refractivity contribution is 7.92. The molecule has 1 fully saturated rings. The van der Waals surface area contributed by atoms with Crippen molar-refractivity contribution in [3.8, 4) is 5.75 Å². The maximum absolute atomic E-state index is 12.4. The Balaban J connectivity index is 1.66. The van der Waals surface area contributed by atoms with Crippen LogP contribution >= 0.6 is 11.6 Å². The molecule has 0 radical (unpaired) electrons. The van der Waals surface area contributed by atoms with Crippen LogP contribution in [0.25, 0.3) is 0 Å². The Labute approximate surface area is 157 Å². The average Bonchev–Trinajstić information content (AvgIpc) is 3.14. The number of benzene rings is 2. The molecule has 1 amide bonds. The predicted octanol–water partition coefficient (Wildman–Crippen LogP) is 3.14. The molecule has 8 heteroatoms. The van der Waals surface area contributed by atoms with Gasteiger partial charge in [0.15, 0.2) is 6.61 Å². The van der Waals surface area contributed by atoms with Gasteiger partial charge in [-0.1, -0.05) is 23.7 Å². The van der Waals surface area contributed by atoms with Gasteiger partial charge in [-0.3, -0.25) is 9.52 Å². The Bertz CT molecular complexity index is 896. The van der Waals surface area contributed by atoms with Crippen molar-refractivity contribution in [2.24, 2.45) is 0 Å². The van der Waals surface area contributed by atoms with Gasteiger partial charge in [-0.25, -0.2) is 8.42 Å². The standard InChI is InChI=1S/C18H19ClN2O4S/c19-14-5-3-8-17(11-14)26(23,24)20-15-6-4-7-16(12-15)25-13-18(22)21-9-1-2-10-21/h3-8,11-12,20H,1-2,9-10,13H2. The highest BCUT2D eigenvalue weighted by Crippen LogP contribution is 2.22. The van der Waals surface area contributed by atoms with Crippen molar-refractivity contribution < 1.29 is 17.9 Å². The third-order valence-corrected chi connectivity index (χ3v) is 5.63. The molecule has 0 aromatic heterocycles. The van der Waals surface area contributed by atoms with E-state index in [0.717, 1.165) is 25.9 Å². The number of anilines is 1. The van der Waals surface area contributed by atoms with Crippen molar-refractivity contribution in [1.82, 2.24) is 4.90 Å². The average molecular weight is 395 g/mol. The monoisotopic (exact) mass is 394 g/mol. The topological polar surface area (TPSA) is 75.7 Å². The van der Waals surface area contributed by atoms with Gasteiger partial charge in [0.25, 0.3) is 15.9 Å². The van der Waals surface area contributed by atoms with Crippen LogP contribution < -0.4 is 9.46 Å². The number of hydrogen-bond donors (Lipinski definition) is 1. The minimum absolute atomic E-state index is 0.0626. The molecule has 0 spiro atoms. The van der Waals surface area contributed by atoms with Crippen molar-refractivity contribution in [2.75, 3.05) is 24.4 Å². The first-order valence-corrected chi connectivity index (χ1v) is 10.1. The Morgan fingerprint density at radius 3 is 2.58 bits per heavy atom. The number of rotatable bonds is 6. The van der Waals surface area contributed by atoms with E-state index in [2.05, 4.69) is 4.72 Å². The number of carbonyl (C=O) groups excluding carboxylic acids is 1. The lowest BCUT2D eigenvalue weighted by Gasteiger charge is -2.16. The molecule has 1 saturated heterocycles. The van der Waals surface area contributed by atoms with E-state index in [4.69, 9.17) is 16.3 Å². The zero-order valence-corrected chi connectivity index (χ0v) is 15.6. The third-order valence-electron chi connectivity index (χ3n) is 4.01. The van der Waals surface area contributed by atoms with Gasteiger partial charge >= 0.3 is 0 Å². The lowest BCUT2D eigenvalue weighted by Crippen LogP contribution is -2.32. The second kappa shape index (κ2) is 7.97. The normalized spacial score (nSPS) is 14.3.